The van der Waals surface area contributed by atoms with Crippen LogP contribution in [0.5, 0.6) is 5.75 Å². The zero-order chi connectivity index (χ0) is 14.4. The number of rotatable bonds is 7. The van der Waals surface area contributed by atoms with Crippen LogP contribution in [0.25, 0.3) is 0 Å². The first-order valence-corrected chi connectivity index (χ1v) is 8.51. The Hall–Kier alpha value is -0.540. The number of hydrogen-bond acceptors (Lipinski definition) is 2. The third-order valence-electron chi connectivity index (χ3n) is 4.39. The van der Waals surface area contributed by atoms with Crippen molar-refractivity contribution in [2.24, 2.45) is 5.41 Å². The van der Waals surface area contributed by atoms with Crippen molar-refractivity contribution >= 4 is 15.9 Å². The van der Waals surface area contributed by atoms with Gasteiger partial charge in [-0.25, -0.2) is 0 Å². The summed E-state index contributed by atoms with van der Waals surface area (Å²) in [5.74, 6) is 0.915. The maximum atomic E-state index is 5.32. The molecule has 1 aromatic carbocycles. The minimum Gasteiger partial charge on any atom is -0.496 e. The molecule has 2 rings (SSSR count). The summed E-state index contributed by atoms with van der Waals surface area (Å²) in [6.07, 6.45) is 7.85. The van der Waals surface area contributed by atoms with Gasteiger partial charge in [0.15, 0.2) is 0 Å². The van der Waals surface area contributed by atoms with Gasteiger partial charge in [0.1, 0.15) is 5.75 Å². The number of methoxy groups -OCH3 is 1. The number of ether oxygens (including phenoxy) is 1. The van der Waals surface area contributed by atoms with Crippen molar-refractivity contribution in [3.05, 3.63) is 28.2 Å². The Morgan fingerprint density at radius 3 is 2.65 bits per heavy atom. The zero-order valence-corrected chi connectivity index (χ0v) is 14.3. The molecule has 1 aromatic rings. The van der Waals surface area contributed by atoms with Crippen LogP contribution >= 0.6 is 15.9 Å². The number of benzene rings is 1. The first-order valence-electron chi connectivity index (χ1n) is 7.72. The maximum absolute atomic E-state index is 5.32. The lowest BCUT2D eigenvalue weighted by molar-refractivity contribution is 0.278. The Morgan fingerprint density at radius 2 is 2.05 bits per heavy atom. The Bertz CT molecular complexity index is 427. The highest BCUT2D eigenvalue weighted by atomic mass is 79.9. The first-order chi connectivity index (χ1) is 9.69. The van der Waals surface area contributed by atoms with Crippen LogP contribution in [0.4, 0.5) is 0 Å². The average Bonchev–Trinajstić information content (AvgIpc) is 2.88. The van der Waals surface area contributed by atoms with Gasteiger partial charge in [-0.1, -0.05) is 25.8 Å². The van der Waals surface area contributed by atoms with Crippen LogP contribution in [-0.2, 0) is 6.42 Å². The molecular formula is C17H26BrNO. The molecule has 0 unspecified atom stereocenters. The van der Waals surface area contributed by atoms with E-state index in [1.54, 1.807) is 7.11 Å². The van der Waals surface area contributed by atoms with Crippen molar-refractivity contribution in [1.29, 1.82) is 0 Å². The fourth-order valence-electron chi connectivity index (χ4n) is 3.32. The van der Waals surface area contributed by atoms with Crippen molar-refractivity contribution in [2.45, 2.75) is 45.4 Å². The molecule has 0 atom stereocenters. The predicted octanol–water partition coefficient (Wildman–Crippen LogP) is 4.56. The third kappa shape index (κ3) is 3.98. The minimum atomic E-state index is 0.462. The van der Waals surface area contributed by atoms with Crippen LogP contribution in [0.2, 0.25) is 0 Å². The van der Waals surface area contributed by atoms with E-state index in [0.29, 0.717) is 5.41 Å². The Balaban J connectivity index is 2.05. The summed E-state index contributed by atoms with van der Waals surface area (Å²) in [5.41, 5.74) is 1.88. The van der Waals surface area contributed by atoms with E-state index in [9.17, 15) is 0 Å². The van der Waals surface area contributed by atoms with Gasteiger partial charge < -0.3 is 10.1 Å². The molecule has 1 aliphatic rings. The van der Waals surface area contributed by atoms with E-state index >= 15 is 0 Å². The molecule has 0 heterocycles. The molecule has 0 spiro atoms. The van der Waals surface area contributed by atoms with Gasteiger partial charge >= 0.3 is 0 Å². The van der Waals surface area contributed by atoms with Gasteiger partial charge in [-0.15, -0.1) is 0 Å². The summed E-state index contributed by atoms with van der Waals surface area (Å²) >= 11 is 3.60. The Morgan fingerprint density at radius 1 is 1.30 bits per heavy atom. The highest BCUT2D eigenvalue weighted by Gasteiger charge is 2.33. The summed E-state index contributed by atoms with van der Waals surface area (Å²) in [4.78, 5) is 0. The van der Waals surface area contributed by atoms with Crippen molar-refractivity contribution in [1.82, 2.24) is 5.32 Å². The molecule has 112 valence electrons. The second-order valence-corrected chi connectivity index (χ2v) is 6.88. The molecule has 20 heavy (non-hydrogen) atoms. The number of hydrogen-bond donors (Lipinski definition) is 1. The molecule has 1 N–H and O–H groups in total. The van der Waals surface area contributed by atoms with Crippen LogP contribution in [0.15, 0.2) is 22.7 Å². The van der Waals surface area contributed by atoms with E-state index in [2.05, 4.69) is 46.4 Å². The first kappa shape index (κ1) is 15.8. The summed E-state index contributed by atoms with van der Waals surface area (Å²) in [5, 5.41) is 3.64. The van der Waals surface area contributed by atoms with E-state index in [1.165, 1.54) is 44.1 Å². The molecular weight excluding hydrogens is 314 g/mol. The normalized spacial score (nSPS) is 17.4. The van der Waals surface area contributed by atoms with Crippen LogP contribution in [-0.4, -0.2) is 20.2 Å². The summed E-state index contributed by atoms with van der Waals surface area (Å²) < 4.78 is 6.38. The Labute approximate surface area is 131 Å². The van der Waals surface area contributed by atoms with Gasteiger partial charge in [-0.2, -0.15) is 0 Å². The molecule has 1 saturated carbocycles. The molecule has 0 aromatic heterocycles. The van der Waals surface area contributed by atoms with Crippen molar-refractivity contribution in [3.63, 3.8) is 0 Å². The van der Waals surface area contributed by atoms with Gasteiger partial charge in [-0.05, 0) is 71.3 Å². The fourth-order valence-corrected chi connectivity index (χ4v) is 3.91. The fraction of sp³-hybridized carbons (Fsp3) is 0.647. The summed E-state index contributed by atoms with van der Waals surface area (Å²) in [7, 11) is 1.72. The quantitative estimate of drug-likeness (QED) is 0.735. The molecule has 1 aliphatic carbocycles. The van der Waals surface area contributed by atoms with Crippen LogP contribution in [0.3, 0.4) is 0 Å². The lowest BCUT2D eigenvalue weighted by Crippen LogP contribution is -2.34. The molecule has 1 fully saturated rings. The average molecular weight is 340 g/mol. The van der Waals surface area contributed by atoms with E-state index in [0.717, 1.165) is 23.3 Å². The van der Waals surface area contributed by atoms with Gasteiger partial charge in [0.05, 0.1) is 11.6 Å². The molecule has 2 nitrogen and oxygen atoms in total. The third-order valence-corrected chi connectivity index (χ3v) is 5.01. The topological polar surface area (TPSA) is 21.3 Å². The van der Waals surface area contributed by atoms with Gasteiger partial charge in [0, 0.05) is 6.54 Å². The van der Waals surface area contributed by atoms with Crippen LogP contribution < -0.4 is 10.1 Å². The molecule has 0 amide bonds. The smallest absolute Gasteiger partial charge is 0.133 e. The van der Waals surface area contributed by atoms with E-state index < -0.39 is 0 Å². The number of halogens is 1. The molecule has 0 saturated heterocycles. The van der Waals surface area contributed by atoms with Crippen molar-refractivity contribution < 1.29 is 4.74 Å². The van der Waals surface area contributed by atoms with Crippen molar-refractivity contribution in [3.8, 4) is 5.75 Å². The lowest BCUT2D eigenvalue weighted by atomic mass is 9.80. The number of nitrogens with one attached hydrogen (secondary N) is 1. The molecule has 0 radical (unpaired) electrons. The van der Waals surface area contributed by atoms with Crippen LogP contribution in [0, 0.1) is 5.41 Å². The summed E-state index contributed by atoms with van der Waals surface area (Å²) in [6.45, 7) is 4.52. The monoisotopic (exact) mass is 339 g/mol. The summed E-state index contributed by atoms with van der Waals surface area (Å²) in [6, 6.07) is 6.50. The van der Waals surface area contributed by atoms with Gasteiger partial charge in [0.2, 0.25) is 0 Å². The highest BCUT2D eigenvalue weighted by Crippen LogP contribution is 2.41. The zero-order valence-electron chi connectivity index (χ0n) is 12.7. The van der Waals surface area contributed by atoms with Gasteiger partial charge in [0.25, 0.3) is 0 Å². The SMILES string of the molecule is CCCNCC1(Cc2ccc(OC)c(Br)c2)CCCC1. The minimum absolute atomic E-state index is 0.462. The van der Waals surface area contributed by atoms with E-state index in [1.807, 2.05) is 0 Å². The second kappa shape index (κ2) is 7.46. The Kier molecular flexibility index (Phi) is 5.91. The van der Waals surface area contributed by atoms with Gasteiger partial charge in [-0.3, -0.25) is 0 Å². The largest absolute Gasteiger partial charge is 0.496 e. The standard InChI is InChI=1S/C17H26BrNO/c1-3-10-19-13-17(8-4-5-9-17)12-14-6-7-16(20-2)15(18)11-14/h6-7,11,19H,3-5,8-10,12-13H2,1-2H3. The predicted molar refractivity (Wildman–Crippen MR) is 88.5 cm³/mol. The molecule has 0 bridgehead atoms. The van der Waals surface area contributed by atoms with E-state index in [-0.39, 0.29) is 0 Å². The van der Waals surface area contributed by atoms with E-state index in [4.69, 9.17) is 4.74 Å². The van der Waals surface area contributed by atoms with Crippen molar-refractivity contribution in [2.75, 3.05) is 20.2 Å². The lowest BCUT2D eigenvalue weighted by Gasteiger charge is -2.30. The highest BCUT2D eigenvalue weighted by molar-refractivity contribution is 9.10. The molecule has 3 heteroatoms. The second-order valence-electron chi connectivity index (χ2n) is 6.03. The maximum Gasteiger partial charge on any atom is 0.133 e. The molecule has 0 aliphatic heterocycles. The van der Waals surface area contributed by atoms with Crippen LogP contribution in [0.1, 0.15) is 44.6 Å².